The standard InChI is InChI=1S/C12H26N2/c1-5-10-8-14(7-6-11(10)13)9-12(2,3)4/h10-11H,5-9,13H2,1-4H3. The Labute approximate surface area is 88.8 Å². The van der Waals surface area contributed by atoms with Crippen LogP contribution in [0.15, 0.2) is 0 Å². The van der Waals surface area contributed by atoms with Crippen molar-refractivity contribution in [1.82, 2.24) is 4.90 Å². The normalized spacial score (nSPS) is 30.6. The van der Waals surface area contributed by atoms with Crippen LogP contribution in [0.2, 0.25) is 0 Å². The Balaban J connectivity index is 2.43. The molecule has 1 rings (SSSR count). The van der Waals surface area contributed by atoms with Gasteiger partial charge in [0.25, 0.3) is 0 Å². The molecule has 0 saturated carbocycles. The summed E-state index contributed by atoms with van der Waals surface area (Å²) in [5.74, 6) is 0.714. The van der Waals surface area contributed by atoms with Gasteiger partial charge < -0.3 is 10.6 Å². The van der Waals surface area contributed by atoms with Crippen LogP contribution in [-0.4, -0.2) is 30.6 Å². The molecular weight excluding hydrogens is 172 g/mol. The van der Waals surface area contributed by atoms with Crippen LogP contribution in [0, 0.1) is 11.3 Å². The molecule has 0 bridgehead atoms. The molecule has 2 N–H and O–H groups in total. The van der Waals surface area contributed by atoms with Gasteiger partial charge in [0.1, 0.15) is 0 Å². The first-order chi connectivity index (χ1) is 6.42. The SMILES string of the molecule is CCC1CN(CC(C)(C)C)CCC1N. The van der Waals surface area contributed by atoms with Crippen molar-refractivity contribution in [2.45, 2.75) is 46.6 Å². The predicted molar refractivity (Wildman–Crippen MR) is 62.3 cm³/mol. The molecule has 2 heteroatoms. The fourth-order valence-corrected chi connectivity index (χ4v) is 2.37. The highest BCUT2D eigenvalue weighted by atomic mass is 15.1. The molecule has 1 saturated heterocycles. The topological polar surface area (TPSA) is 29.3 Å². The first-order valence-electron chi connectivity index (χ1n) is 5.90. The number of piperidine rings is 1. The first-order valence-corrected chi connectivity index (χ1v) is 5.90. The average Bonchev–Trinajstić information content (AvgIpc) is 2.06. The monoisotopic (exact) mass is 198 g/mol. The van der Waals surface area contributed by atoms with Crippen molar-refractivity contribution in [2.24, 2.45) is 17.1 Å². The van der Waals surface area contributed by atoms with Crippen LogP contribution in [0.1, 0.15) is 40.5 Å². The van der Waals surface area contributed by atoms with Crippen molar-refractivity contribution < 1.29 is 0 Å². The third kappa shape index (κ3) is 3.58. The molecular formula is C12H26N2. The summed E-state index contributed by atoms with van der Waals surface area (Å²) in [4.78, 5) is 2.58. The number of rotatable bonds is 2. The molecule has 84 valence electrons. The zero-order valence-corrected chi connectivity index (χ0v) is 10.2. The fourth-order valence-electron chi connectivity index (χ4n) is 2.37. The molecule has 0 aromatic heterocycles. The molecule has 1 aliphatic heterocycles. The quantitative estimate of drug-likeness (QED) is 0.736. The van der Waals surface area contributed by atoms with Crippen LogP contribution in [0.3, 0.4) is 0 Å². The van der Waals surface area contributed by atoms with E-state index in [1.54, 1.807) is 0 Å². The second kappa shape index (κ2) is 4.63. The van der Waals surface area contributed by atoms with Crippen LogP contribution in [0.5, 0.6) is 0 Å². The number of hydrogen-bond donors (Lipinski definition) is 1. The largest absolute Gasteiger partial charge is 0.327 e. The molecule has 0 aromatic rings. The molecule has 1 heterocycles. The van der Waals surface area contributed by atoms with Gasteiger partial charge in [-0.1, -0.05) is 34.1 Å². The summed E-state index contributed by atoms with van der Waals surface area (Å²) in [5, 5.41) is 0. The minimum absolute atomic E-state index is 0.416. The summed E-state index contributed by atoms with van der Waals surface area (Å²) in [5.41, 5.74) is 6.51. The van der Waals surface area contributed by atoms with E-state index in [2.05, 4.69) is 32.6 Å². The van der Waals surface area contributed by atoms with Gasteiger partial charge in [-0.15, -0.1) is 0 Å². The van der Waals surface area contributed by atoms with Gasteiger partial charge in [0.05, 0.1) is 0 Å². The van der Waals surface area contributed by atoms with Gasteiger partial charge in [0.15, 0.2) is 0 Å². The Morgan fingerprint density at radius 1 is 1.36 bits per heavy atom. The summed E-state index contributed by atoms with van der Waals surface area (Å²) in [6.45, 7) is 12.8. The van der Waals surface area contributed by atoms with E-state index in [0.717, 1.165) is 0 Å². The van der Waals surface area contributed by atoms with Crippen molar-refractivity contribution in [1.29, 1.82) is 0 Å². The molecule has 1 fully saturated rings. The number of nitrogens with two attached hydrogens (primary N) is 1. The van der Waals surface area contributed by atoms with E-state index < -0.39 is 0 Å². The van der Waals surface area contributed by atoms with E-state index in [1.165, 1.54) is 32.5 Å². The summed E-state index contributed by atoms with van der Waals surface area (Å²) < 4.78 is 0. The van der Waals surface area contributed by atoms with E-state index in [-0.39, 0.29) is 0 Å². The highest BCUT2D eigenvalue weighted by Crippen LogP contribution is 2.22. The zero-order valence-electron chi connectivity index (χ0n) is 10.2. The Morgan fingerprint density at radius 2 is 2.00 bits per heavy atom. The lowest BCUT2D eigenvalue weighted by Gasteiger charge is -2.39. The molecule has 14 heavy (non-hydrogen) atoms. The maximum Gasteiger partial charge on any atom is 0.00914 e. The lowest BCUT2D eigenvalue weighted by Crippen LogP contribution is -2.48. The number of nitrogens with zero attached hydrogens (tertiary/aromatic N) is 1. The Kier molecular flexibility index (Phi) is 3.96. The van der Waals surface area contributed by atoms with Crippen molar-refractivity contribution in [3.8, 4) is 0 Å². The molecule has 0 amide bonds. The van der Waals surface area contributed by atoms with Crippen molar-refractivity contribution in [2.75, 3.05) is 19.6 Å². The van der Waals surface area contributed by atoms with E-state index in [1.807, 2.05) is 0 Å². The van der Waals surface area contributed by atoms with Crippen LogP contribution >= 0.6 is 0 Å². The van der Waals surface area contributed by atoms with Gasteiger partial charge in [-0.2, -0.15) is 0 Å². The molecule has 0 aliphatic carbocycles. The first kappa shape index (κ1) is 12.0. The van der Waals surface area contributed by atoms with Crippen LogP contribution in [-0.2, 0) is 0 Å². The van der Waals surface area contributed by atoms with E-state index in [4.69, 9.17) is 5.73 Å². The van der Waals surface area contributed by atoms with Crippen LogP contribution in [0.4, 0.5) is 0 Å². The number of likely N-dealkylation sites (tertiary alicyclic amines) is 1. The minimum atomic E-state index is 0.416. The Hall–Kier alpha value is -0.0800. The zero-order chi connectivity index (χ0) is 10.8. The molecule has 0 spiro atoms. The predicted octanol–water partition coefficient (Wildman–Crippen LogP) is 2.09. The van der Waals surface area contributed by atoms with Crippen molar-refractivity contribution >= 4 is 0 Å². The molecule has 1 aliphatic rings. The van der Waals surface area contributed by atoms with Gasteiger partial charge in [0.2, 0.25) is 0 Å². The van der Waals surface area contributed by atoms with Gasteiger partial charge in [-0.05, 0) is 24.3 Å². The summed E-state index contributed by atoms with van der Waals surface area (Å²) in [7, 11) is 0. The third-order valence-corrected chi connectivity index (χ3v) is 3.10. The van der Waals surface area contributed by atoms with Crippen LogP contribution < -0.4 is 5.73 Å². The second-order valence-corrected chi connectivity index (χ2v) is 5.92. The molecule has 2 unspecified atom stereocenters. The lowest BCUT2D eigenvalue weighted by molar-refractivity contribution is 0.113. The molecule has 2 nitrogen and oxygen atoms in total. The second-order valence-electron chi connectivity index (χ2n) is 5.92. The van der Waals surface area contributed by atoms with Crippen LogP contribution in [0.25, 0.3) is 0 Å². The third-order valence-electron chi connectivity index (χ3n) is 3.10. The van der Waals surface area contributed by atoms with E-state index in [0.29, 0.717) is 17.4 Å². The van der Waals surface area contributed by atoms with E-state index >= 15 is 0 Å². The molecule has 2 atom stereocenters. The lowest BCUT2D eigenvalue weighted by atomic mass is 9.88. The number of hydrogen-bond acceptors (Lipinski definition) is 2. The van der Waals surface area contributed by atoms with E-state index in [9.17, 15) is 0 Å². The highest BCUT2D eigenvalue weighted by molar-refractivity contribution is 4.83. The Morgan fingerprint density at radius 3 is 2.50 bits per heavy atom. The summed E-state index contributed by atoms with van der Waals surface area (Å²) >= 11 is 0. The fraction of sp³-hybridized carbons (Fsp3) is 1.00. The van der Waals surface area contributed by atoms with Crippen molar-refractivity contribution in [3.05, 3.63) is 0 Å². The van der Waals surface area contributed by atoms with Crippen molar-refractivity contribution in [3.63, 3.8) is 0 Å². The van der Waals surface area contributed by atoms with Gasteiger partial charge >= 0.3 is 0 Å². The smallest absolute Gasteiger partial charge is 0.00914 e. The maximum absolute atomic E-state index is 6.09. The Bertz CT molecular complexity index is 172. The van der Waals surface area contributed by atoms with Gasteiger partial charge in [0, 0.05) is 19.1 Å². The molecule has 0 aromatic carbocycles. The minimum Gasteiger partial charge on any atom is -0.327 e. The highest BCUT2D eigenvalue weighted by Gasteiger charge is 2.27. The maximum atomic E-state index is 6.09. The van der Waals surface area contributed by atoms with Gasteiger partial charge in [-0.3, -0.25) is 0 Å². The summed E-state index contributed by atoms with van der Waals surface area (Å²) in [6, 6.07) is 0.441. The average molecular weight is 198 g/mol. The molecule has 0 radical (unpaired) electrons. The summed E-state index contributed by atoms with van der Waals surface area (Å²) in [6.07, 6.45) is 2.40. The van der Waals surface area contributed by atoms with Gasteiger partial charge in [-0.25, -0.2) is 0 Å².